The molecule has 1 aromatic carbocycles. The molecule has 0 fully saturated rings. The summed E-state index contributed by atoms with van der Waals surface area (Å²) in [6.45, 7) is 5.65. The quantitative estimate of drug-likeness (QED) is 0.730. The maximum absolute atomic E-state index is 12.6. The van der Waals surface area contributed by atoms with Gasteiger partial charge in [-0.1, -0.05) is 25.1 Å². The monoisotopic (exact) mass is 194 g/mol. The summed E-state index contributed by atoms with van der Waals surface area (Å²) in [4.78, 5) is 0. The predicted octanol–water partition coefficient (Wildman–Crippen LogP) is 3.07. The fourth-order valence-corrected chi connectivity index (χ4v) is 1.43. The maximum atomic E-state index is 12.6. The maximum Gasteiger partial charge on any atom is 0.123 e. The zero-order valence-electron chi connectivity index (χ0n) is 8.28. The second-order valence-electron chi connectivity index (χ2n) is 3.30. The third-order valence-electron chi connectivity index (χ3n) is 2.39. The second kappa shape index (κ2) is 4.91. The lowest BCUT2D eigenvalue weighted by Crippen LogP contribution is -2.08. The van der Waals surface area contributed by atoms with E-state index in [1.54, 1.807) is 18.2 Å². The summed E-state index contributed by atoms with van der Waals surface area (Å²) >= 11 is 0. The van der Waals surface area contributed by atoms with Gasteiger partial charge in [0.15, 0.2) is 0 Å². The van der Waals surface area contributed by atoms with Gasteiger partial charge in [0.05, 0.1) is 6.10 Å². The van der Waals surface area contributed by atoms with Crippen LogP contribution in [0, 0.1) is 11.7 Å². The third-order valence-corrected chi connectivity index (χ3v) is 2.39. The van der Waals surface area contributed by atoms with Crippen LogP contribution < -0.4 is 0 Å². The summed E-state index contributed by atoms with van der Waals surface area (Å²) < 4.78 is 12.6. The lowest BCUT2D eigenvalue weighted by Gasteiger charge is -2.18. The van der Waals surface area contributed by atoms with Crippen LogP contribution in [0.15, 0.2) is 36.9 Å². The minimum absolute atomic E-state index is 0.0282. The Morgan fingerprint density at radius 1 is 1.43 bits per heavy atom. The summed E-state index contributed by atoms with van der Waals surface area (Å²) in [6, 6.07) is 5.92. The van der Waals surface area contributed by atoms with Crippen molar-refractivity contribution in [3.63, 3.8) is 0 Å². The van der Waals surface area contributed by atoms with Gasteiger partial charge in [-0.05, 0) is 24.1 Å². The topological polar surface area (TPSA) is 20.2 Å². The van der Waals surface area contributed by atoms with Gasteiger partial charge in [0.1, 0.15) is 5.82 Å². The van der Waals surface area contributed by atoms with Crippen molar-refractivity contribution in [3.8, 4) is 0 Å². The molecule has 0 heterocycles. The summed E-state index contributed by atoms with van der Waals surface area (Å²) in [5, 5.41) is 9.88. The molecule has 1 N–H and O–H groups in total. The fourth-order valence-electron chi connectivity index (χ4n) is 1.43. The van der Waals surface area contributed by atoms with E-state index in [-0.39, 0.29) is 11.7 Å². The Labute approximate surface area is 83.9 Å². The van der Waals surface area contributed by atoms with E-state index in [0.717, 1.165) is 12.0 Å². The first-order valence-electron chi connectivity index (χ1n) is 4.75. The number of rotatable bonds is 4. The van der Waals surface area contributed by atoms with E-state index in [0.29, 0.717) is 0 Å². The van der Waals surface area contributed by atoms with Gasteiger partial charge in [0, 0.05) is 5.92 Å². The van der Waals surface area contributed by atoms with Crippen molar-refractivity contribution in [2.45, 2.75) is 19.4 Å². The van der Waals surface area contributed by atoms with Gasteiger partial charge in [0.25, 0.3) is 0 Å². The molecule has 2 atom stereocenters. The molecule has 14 heavy (non-hydrogen) atoms. The van der Waals surface area contributed by atoms with Crippen molar-refractivity contribution in [3.05, 3.63) is 48.3 Å². The Hall–Kier alpha value is -1.15. The van der Waals surface area contributed by atoms with Gasteiger partial charge in [-0.25, -0.2) is 4.39 Å². The molecule has 1 aromatic rings. The van der Waals surface area contributed by atoms with Crippen LogP contribution >= 0.6 is 0 Å². The smallest absolute Gasteiger partial charge is 0.123 e. The van der Waals surface area contributed by atoms with Crippen LogP contribution in [-0.4, -0.2) is 5.11 Å². The van der Waals surface area contributed by atoms with E-state index in [1.807, 2.05) is 6.92 Å². The van der Waals surface area contributed by atoms with Crippen molar-refractivity contribution < 1.29 is 9.50 Å². The van der Waals surface area contributed by atoms with Crippen LogP contribution in [0.2, 0.25) is 0 Å². The molecule has 0 unspecified atom stereocenters. The summed E-state index contributed by atoms with van der Waals surface area (Å²) in [6.07, 6.45) is 1.97. The Morgan fingerprint density at radius 2 is 2.00 bits per heavy atom. The first-order chi connectivity index (χ1) is 6.69. The first kappa shape index (κ1) is 10.9. The highest BCUT2D eigenvalue weighted by Crippen LogP contribution is 2.25. The van der Waals surface area contributed by atoms with Crippen LogP contribution in [0.1, 0.15) is 25.0 Å². The highest BCUT2D eigenvalue weighted by molar-refractivity contribution is 5.20. The zero-order valence-corrected chi connectivity index (χ0v) is 8.28. The van der Waals surface area contributed by atoms with Gasteiger partial charge < -0.3 is 5.11 Å². The van der Waals surface area contributed by atoms with E-state index < -0.39 is 6.10 Å². The largest absolute Gasteiger partial charge is 0.388 e. The molecule has 0 bridgehead atoms. The zero-order chi connectivity index (χ0) is 10.6. The predicted molar refractivity (Wildman–Crippen MR) is 55.3 cm³/mol. The number of hydrogen-bond acceptors (Lipinski definition) is 1. The number of aliphatic hydroxyl groups is 1. The van der Waals surface area contributed by atoms with Crippen LogP contribution in [0.25, 0.3) is 0 Å². The average molecular weight is 194 g/mol. The Balaban J connectivity index is 2.82. The van der Waals surface area contributed by atoms with Crippen LogP contribution in [0.4, 0.5) is 4.39 Å². The van der Waals surface area contributed by atoms with Crippen molar-refractivity contribution in [2.24, 2.45) is 5.92 Å². The van der Waals surface area contributed by atoms with E-state index >= 15 is 0 Å². The SMILES string of the molecule is C=C[C@@H](CC)[C@H](O)c1ccc(F)cc1. The van der Waals surface area contributed by atoms with E-state index in [9.17, 15) is 9.50 Å². The molecule has 0 aliphatic carbocycles. The second-order valence-corrected chi connectivity index (χ2v) is 3.30. The van der Waals surface area contributed by atoms with Gasteiger partial charge in [0.2, 0.25) is 0 Å². The molecule has 0 aliphatic heterocycles. The summed E-state index contributed by atoms with van der Waals surface area (Å²) in [7, 11) is 0. The normalized spacial score (nSPS) is 14.8. The Kier molecular flexibility index (Phi) is 3.84. The minimum atomic E-state index is -0.585. The molecular weight excluding hydrogens is 179 g/mol. The summed E-state index contributed by atoms with van der Waals surface area (Å²) in [5.41, 5.74) is 0.734. The van der Waals surface area contributed by atoms with Crippen LogP contribution in [0.5, 0.6) is 0 Å². The average Bonchev–Trinajstić information content (AvgIpc) is 2.20. The van der Waals surface area contributed by atoms with Crippen LogP contribution in [0.3, 0.4) is 0 Å². The Bertz CT molecular complexity index is 292. The number of hydrogen-bond donors (Lipinski definition) is 1. The molecule has 1 rings (SSSR count). The van der Waals surface area contributed by atoms with Crippen molar-refractivity contribution >= 4 is 0 Å². The number of aliphatic hydroxyl groups excluding tert-OH is 1. The first-order valence-corrected chi connectivity index (χ1v) is 4.75. The lowest BCUT2D eigenvalue weighted by atomic mass is 9.94. The van der Waals surface area contributed by atoms with Gasteiger partial charge in [-0.15, -0.1) is 6.58 Å². The van der Waals surface area contributed by atoms with E-state index in [1.165, 1.54) is 12.1 Å². The molecule has 0 spiro atoms. The highest BCUT2D eigenvalue weighted by atomic mass is 19.1. The molecule has 76 valence electrons. The molecule has 0 saturated carbocycles. The highest BCUT2D eigenvalue weighted by Gasteiger charge is 2.15. The fraction of sp³-hybridized carbons (Fsp3) is 0.333. The van der Waals surface area contributed by atoms with Crippen molar-refractivity contribution in [1.29, 1.82) is 0 Å². The molecule has 0 aromatic heterocycles. The minimum Gasteiger partial charge on any atom is -0.388 e. The standard InChI is InChI=1S/C12H15FO/c1-3-9(4-2)12(14)10-5-7-11(13)8-6-10/h3,5-9,12,14H,1,4H2,2H3/t9-,12-/m0/s1. The molecule has 2 heteroatoms. The van der Waals surface area contributed by atoms with E-state index in [4.69, 9.17) is 0 Å². The number of benzene rings is 1. The van der Waals surface area contributed by atoms with Gasteiger partial charge >= 0.3 is 0 Å². The molecule has 1 nitrogen and oxygen atoms in total. The number of halogens is 1. The molecule has 0 saturated heterocycles. The summed E-state index contributed by atoms with van der Waals surface area (Å²) in [5.74, 6) is -0.256. The molecule has 0 amide bonds. The van der Waals surface area contributed by atoms with E-state index in [2.05, 4.69) is 6.58 Å². The van der Waals surface area contributed by atoms with Gasteiger partial charge in [-0.3, -0.25) is 0 Å². The third kappa shape index (κ3) is 2.42. The van der Waals surface area contributed by atoms with Crippen LogP contribution in [-0.2, 0) is 0 Å². The lowest BCUT2D eigenvalue weighted by molar-refractivity contribution is 0.129. The molecule has 0 radical (unpaired) electrons. The van der Waals surface area contributed by atoms with Crippen molar-refractivity contribution in [2.75, 3.05) is 0 Å². The molecular formula is C12H15FO. The molecule has 0 aliphatic rings. The Morgan fingerprint density at radius 3 is 2.43 bits per heavy atom. The van der Waals surface area contributed by atoms with Gasteiger partial charge in [-0.2, -0.15) is 0 Å². The van der Waals surface area contributed by atoms with Crippen molar-refractivity contribution in [1.82, 2.24) is 0 Å².